The van der Waals surface area contributed by atoms with E-state index in [1.165, 1.54) is 0 Å². The molecule has 3 nitrogen and oxygen atoms in total. The van der Waals surface area contributed by atoms with Gasteiger partial charge in [-0.15, -0.1) is 0 Å². The smallest absolute Gasteiger partial charge is 0.176 e. The number of nitriles is 1. The lowest BCUT2D eigenvalue weighted by molar-refractivity contribution is 0.0238. The van der Waals surface area contributed by atoms with Gasteiger partial charge in [0, 0.05) is 6.61 Å². The molecule has 1 heterocycles. The van der Waals surface area contributed by atoms with E-state index in [2.05, 4.69) is 5.32 Å². The third-order valence-corrected chi connectivity index (χ3v) is 1.84. The first-order valence-corrected chi connectivity index (χ1v) is 3.53. The lowest BCUT2D eigenvalue weighted by Crippen LogP contribution is -2.34. The van der Waals surface area contributed by atoms with E-state index >= 15 is 0 Å². The largest absolute Gasteiger partial charge is 0.373 e. The molecule has 10 heavy (non-hydrogen) atoms. The summed E-state index contributed by atoms with van der Waals surface area (Å²) < 4.78 is 5.43. The number of ether oxygens (including phenoxy) is 1. The molecule has 0 aromatic rings. The van der Waals surface area contributed by atoms with Crippen molar-refractivity contribution in [1.29, 1.82) is 5.26 Å². The Balaban J connectivity index is 2.30. The Bertz CT molecular complexity index is 144. The standard InChI is InChI=1S/C7H12N2O/c1-7(5-9-6-8)3-2-4-10-7/h9H,2-5H2,1H3. The summed E-state index contributed by atoms with van der Waals surface area (Å²) in [6, 6.07) is 0. The topological polar surface area (TPSA) is 45.0 Å². The first kappa shape index (κ1) is 7.36. The van der Waals surface area contributed by atoms with Crippen LogP contribution in [0.25, 0.3) is 0 Å². The van der Waals surface area contributed by atoms with E-state index in [0.717, 1.165) is 19.4 Å². The van der Waals surface area contributed by atoms with Crippen LogP contribution in [0.2, 0.25) is 0 Å². The Morgan fingerprint density at radius 1 is 1.80 bits per heavy atom. The van der Waals surface area contributed by atoms with Crippen LogP contribution >= 0.6 is 0 Å². The van der Waals surface area contributed by atoms with E-state index in [0.29, 0.717) is 6.54 Å². The third-order valence-electron chi connectivity index (χ3n) is 1.84. The van der Waals surface area contributed by atoms with Crippen molar-refractivity contribution < 1.29 is 4.74 Å². The molecule has 0 amide bonds. The second-order valence-electron chi connectivity index (χ2n) is 2.87. The lowest BCUT2D eigenvalue weighted by Gasteiger charge is -2.21. The minimum Gasteiger partial charge on any atom is -0.373 e. The molecular formula is C7H12N2O. The highest BCUT2D eigenvalue weighted by Gasteiger charge is 2.28. The maximum atomic E-state index is 8.22. The van der Waals surface area contributed by atoms with Crippen LogP contribution in [0.3, 0.4) is 0 Å². The highest BCUT2D eigenvalue weighted by molar-refractivity contribution is 4.85. The zero-order valence-electron chi connectivity index (χ0n) is 6.18. The maximum Gasteiger partial charge on any atom is 0.176 e. The van der Waals surface area contributed by atoms with Gasteiger partial charge in [0.15, 0.2) is 6.19 Å². The fourth-order valence-corrected chi connectivity index (χ4v) is 1.20. The van der Waals surface area contributed by atoms with Gasteiger partial charge in [-0.1, -0.05) is 0 Å². The molecule has 0 radical (unpaired) electrons. The Kier molecular flexibility index (Phi) is 2.13. The second kappa shape index (κ2) is 2.89. The summed E-state index contributed by atoms with van der Waals surface area (Å²) in [7, 11) is 0. The van der Waals surface area contributed by atoms with Crippen molar-refractivity contribution in [1.82, 2.24) is 5.32 Å². The number of nitrogens with zero attached hydrogens (tertiary/aromatic N) is 1. The Labute approximate surface area is 61.0 Å². The van der Waals surface area contributed by atoms with E-state index in [9.17, 15) is 0 Å². The first-order valence-electron chi connectivity index (χ1n) is 3.53. The van der Waals surface area contributed by atoms with Crippen LogP contribution in [0.15, 0.2) is 0 Å². The Morgan fingerprint density at radius 3 is 3.10 bits per heavy atom. The van der Waals surface area contributed by atoms with Crippen molar-refractivity contribution >= 4 is 0 Å². The molecule has 1 saturated heterocycles. The zero-order chi connectivity index (χ0) is 7.45. The molecule has 1 atom stereocenters. The van der Waals surface area contributed by atoms with E-state index in [-0.39, 0.29) is 5.60 Å². The van der Waals surface area contributed by atoms with E-state index in [4.69, 9.17) is 10.00 Å². The van der Waals surface area contributed by atoms with Gasteiger partial charge in [0.25, 0.3) is 0 Å². The molecule has 0 spiro atoms. The molecule has 0 aliphatic carbocycles. The molecule has 1 fully saturated rings. The molecule has 56 valence electrons. The average molecular weight is 140 g/mol. The van der Waals surface area contributed by atoms with Gasteiger partial charge in [0.05, 0.1) is 12.1 Å². The van der Waals surface area contributed by atoms with Crippen LogP contribution in [-0.2, 0) is 4.74 Å². The summed E-state index contributed by atoms with van der Waals surface area (Å²) >= 11 is 0. The summed E-state index contributed by atoms with van der Waals surface area (Å²) in [5, 5.41) is 10.8. The quantitative estimate of drug-likeness (QED) is 0.452. The van der Waals surface area contributed by atoms with Gasteiger partial charge in [-0.25, -0.2) is 0 Å². The fourth-order valence-electron chi connectivity index (χ4n) is 1.20. The van der Waals surface area contributed by atoms with Gasteiger partial charge in [-0.2, -0.15) is 5.26 Å². The monoisotopic (exact) mass is 140 g/mol. The maximum absolute atomic E-state index is 8.22. The zero-order valence-corrected chi connectivity index (χ0v) is 6.18. The predicted molar refractivity (Wildman–Crippen MR) is 37.2 cm³/mol. The number of hydrogen-bond donors (Lipinski definition) is 1. The summed E-state index contributed by atoms with van der Waals surface area (Å²) in [4.78, 5) is 0. The second-order valence-corrected chi connectivity index (χ2v) is 2.87. The van der Waals surface area contributed by atoms with Gasteiger partial charge in [-0.3, -0.25) is 0 Å². The van der Waals surface area contributed by atoms with Crippen LogP contribution in [-0.4, -0.2) is 18.8 Å². The summed E-state index contributed by atoms with van der Waals surface area (Å²) in [6.45, 7) is 3.51. The van der Waals surface area contributed by atoms with E-state index < -0.39 is 0 Å². The van der Waals surface area contributed by atoms with Gasteiger partial charge < -0.3 is 10.1 Å². The molecule has 1 aliphatic rings. The van der Waals surface area contributed by atoms with Crippen molar-refractivity contribution in [2.24, 2.45) is 0 Å². The minimum atomic E-state index is -0.0876. The van der Waals surface area contributed by atoms with Gasteiger partial charge >= 0.3 is 0 Å². The van der Waals surface area contributed by atoms with Crippen LogP contribution < -0.4 is 5.32 Å². The van der Waals surface area contributed by atoms with Crippen molar-refractivity contribution in [3.05, 3.63) is 0 Å². The van der Waals surface area contributed by atoms with Crippen molar-refractivity contribution in [2.45, 2.75) is 25.4 Å². The molecule has 0 saturated carbocycles. The molecule has 0 aromatic carbocycles. The fraction of sp³-hybridized carbons (Fsp3) is 0.857. The van der Waals surface area contributed by atoms with Crippen LogP contribution in [0.4, 0.5) is 0 Å². The normalized spacial score (nSPS) is 31.6. The molecule has 0 bridgehead atoms. The molecule has 1 aliphatic heterocycles. The average Bonchev–Trinajstić information content (AvgIpc) is 2.33. The SMILES string of the molecule is CC1(CNC#N)CCCO1. The third kappa shape index (κ3) is 1.61. The first-order chi connectivity index (χ1) is 4.77. The van der Waals surface area contributed by atoms with Crippen molar-refractivity contribution in [3.8, 4) is 6.19 Å². The van der Waals surface area contributed by atoms with Gasteiger partial charge in [0.1, 0.15) is 0 Å². The van der Waals surface area contributed by atoms with Gasteiger partial charge in [0.2, 0.25) is 0 Å². The Morgan fingerprint density at radius 2 is 2.60 bits per heavy atom. The minimum absolute atomic E-state index is 0.0876. The number of hydrogen-bond acceptors (Lipinski definition) is 3. The molecule has 0 aromatic heterocycles. The van der Waals surface area contributed by atoms with Crippen LogP contribution in [0.5, 0.6) is 0 Å². The summed E-state index contributed by atoms with van der Waals surface area (Å²) in [5.41, 5.74) is -0.0876. The predicted octanol–water partition coefficient (Wildman–Crippen LogP) is 0.626. The molecule has 3 heteroatoms. The molecule has 1 N–H and O–H groups in total. The van der Waals surface area contributed by atoms with E-state index in [1.54, 1.807) is 0 Å². The number of rotatable bonds is 2. The summed E-state index contributed by atoms with van der Waals surface area (Å²) in [6.07, 6.45) is 4.06. The molecule has 1 unspecified atom stereocenters. The van der Waals surface area contributed by atoms with Crippen LogP contribution in [0, 0.1) is 11.5 Å². The van der Waals surface area contributed by atoms with E-state index in [1.807, 2.05) is 13.1 Å². The highest BCUT2D eigenvalue weighted by atomic mass is 16.5. The number of nitrogens with one attached hydrogen (secondary N) is 1. The molecule has 1 rings (SSSR count). The molecular weight excluding hydrogens is 128 g/mol. The van der Waals surface area contributed by atoms with Crippen molar-refractivity contribution in [2.75, 3.05) is 13.2 Å². The van der Waals surface area contributed by atoms with Gasteiger partial charge in [-0.05, 0) is 19.8 Å². The summed E-state index contributed by atoms with van der Waals surface area (Å²) in [5.74, 6) is 0. The van der Waals surface area contributed by atoms with Crippen molar-refractivity contribution in [3.63, 3.8) is 0 Å². The lowest BCUT2D eigenvalue weighted by atomic mass is 10.0. The Hall–Kier alpha value is -0.750. The van der Waals surface area contributed by atoms with Crippen LogP contribution in [0.1, 0.15) is 19.8 Å². The highest BCUT2D eigenvalue weighted by Crippen LogP contribution is 2.23.